The molecule has 1 atom stereocenters. The van der Waals surface area contributed by atoms with E-state index in [9.17, 15) is 27.6 Å². The molecule has 7 nitrogen and oxygen atoms in total. The van der Waals surface area contributed by atoms with Crippen LogP contribution in [0.15, 0.2) is 47.1 Å². The maximum absolute atomic E-state index is 13.1. The van der Waals surface area contributed by atoms with Crippen molar-refractivity contribution in [1.29, 1.82) is 0 Å². The number of carbonyl (C=O) groups excluding carboxylic acids is 3. The Balaban J connectivity index is 2.05. The molecule has 0 radical (unpaired) electrons. The lowest BCUT2D eigenvalue weighted by Gasteiger charge is -2.37. The Hall–Kier alpha value is -3.04. The molecule has 10 heteroatoms. The SMILES string of the molecule is C=CC[C@@]1(c2ccc(C3(C(F)(F)F)N=N3)cc2)C(=O)NC(=O)N(C)C1=O. The summed E-state index contributed by atoms with van der Waals surface area (Å²) < 4.78 is 39.3. The number of allylic oxidation sites excluding steroid dienone is 1. The van der Waals surface area contributed by atoms with Gasteiger partial charge in [-0.25, -0.2) is 4.79 Å². The summed E-state index contributed by atoms with van der Waals surface area (Å²) in [6.07, 6.45) is -3.48. The number of urea groups is 1. The largest absolute Gasteiger partial charge is 0.442 e. The van der Waals surface area contributed by atoms with Gasteiger partial charge in [-0.3, -0.25) is 19.8 Å². The van der Waals surface area contributed by atoms with E-state index >= 15 is 0 Å². The molecule has 2 heterocycles. The Labute approximate surface area is 145 Å². The van der Waals surface area contributed by atoms with Gasteiger partial charge < -0.3 is 0 Å². The van der Waals surface area contributed by atoms with Gasteiger partial charge in [0, 0.05) is 12.6 Å². The van der Waals surface area contributed by atoms with Crippen molar-refractivity contribution in [3.63, 3.8) is 0 Å². The van der Waals surface area contributed by atoms with E-state index in [1.165, 1.54) is 25.3 Å². The zero-order chi connectivity index (χ0) is 19.3. The van der Waals surface area contributed by atoms with Crippen LogP contribution in [-0.2, 0) is 20.7 Å². The molecule has 1 aromatic rings. The van der Waals surface area contributed by atoms with E-state index in [0.29, 0.717) is 0 Å². The first-order valence-corrected chi connectivity index (χ1v) is 7.46. The van der Waals surface area contributed by atoms with E-state index in [4.69, 9.17) is 0 Å². The van der Waals surface area contributed by atoms with Crippen LogP contribution in [0.1, 0.15) is 17.5 Å². The average Bonchev–Trinajstić information content (AvgIpc) is 3.39. The molecule has 0 spiro atoms. The van der Waals surface area contributed by atoms with E-state index in [1.807, 2.05) is 0 Å². The third-order valence-electron chi connectivity index (χ3n) is 4.51. The number of benzene rings is 1. The van der Waals surface area contributed by atoms with Gasteiger partial charge in [0.15, 0.2) is 5.41 Å². The van der Waals surface area contributed by atoms with E-state index < -0.39 is 35.1 Å². The molecular weight excluding hydrogens is 353 g/mol. The van der Waals surface area contributed by atoms with Crippen LogP contribution in [-0.4, -0.2) is 36.0 Å². The number of barbiturate groups is 1. The standard InChI is InChI=1S/C16H13F3N4O3/c1-3-8-14(11(24)20-13(26)23(2)12(14)25)9-4-6-10(7-5-9)15(21-22-15)16(17,18)19/h3-7H,1,8H2,2H3,(H,20,24,26)/t14-/m1/s1. The number of rotatable bonds is 4. The Kier molecular flexibility index (Phi) is 3.75. The van der Waals surface area contributed by atoms with Crippen LogP contribution in [0, 0.1) is 0 Å². The molecule has 26 heavy (non-hydrogen) atoms. The Morgan fingerprint density at radius 3 is 2.15 bits per heavy atom. The molecule has 0 saturated carbocycles. The monoisotopic (exact) mass is 366 g/mol. The molecule has 0 unspecified atom stereocenters. The maximum atomic E-state index is 13.1. The van der Waals surface area contributed by atoms with Gasteiger partial charge in [0.05, 0.1) is 0 Å². The molecule has 136 valence electrons. The van der Waals surface area contributed by atoms with Crippen molar-refractivity contribution in [2.45, 2.75) is 23.7 Å². The molecular formula is C16H13F3N4O3. The highest BCUT2D eigenvalue weighted by atomic mass is 19.4. The fourth-order valence-corrected chi connectivity index (χ4v) is 2.96. The maximum Gasteiger partial charge on any atom is 0.442 e. The minimum Gasteiger partial charge on any atom is -0.276 e. The Morgan fingerprint density at radius 1 is 1.15 bits per heavy atom. The first-order valence-electron chi connectivity index (χ1n) is 7.46. The second kappa shape index (κ2) is 5.48. The number of likely N-dealkylation sites (N-methyl/N-ethyl adjacent to an activating group) is 1. The summed E-state index contributed by atoms with van der Waals surface area (Å²) in [5.74, 6) is -1.64. The predicted octanol–water partition coefficient (Wildman–Crippen LogP) is 2.39. The fraction of sp³-hybridized carbons (Fsp3) is 0.312. The van der Waals surface area contributed by atoms with Gasteiger partial charge in [0.2, 0.25) is 5.91 Å². The number of carbonyl (C=O) groups is 3. The zero-order valence-electron chi connectivity index (χ0n) is 13.5. The number of imide groups is 2. The highest BCUT2D eigenvalue weighted by Crippen LogP contribution is 2.52. The quantitative estimate of drug-likeness (QED) is 0.655. The van der Waals surface area contributed by atoms with Crippen LogP contribution < -0.4 is 5.32 Å². The van der Waals surface area contributed by atoms with Crippen LogP contribution in [0.2, 0.25) is 0 Å². The molecule has 0 aromatic heterocycles. The van der Waals surface area contributed by atoms with Gasteiger partial charge in [-0.05, 0) is 12.0 Å². The number of hydrogen-bond acceptors (Lipinski definition) is 5. The van der Waals surface area contributed by atoms with Gasteiger partial charge in [0.25, 0.3) is 5.91 Å². The van der Waals surface area contributed by atoms with Crippen molar-refractivity contribution in [3.8, 4) is 0 Å². The van der Waals surface area contributed by atoms with Crippen molar-refractivity contribution >= 4 is 17.8 Å². The van der Waals surface area contributed by atoms with Crippen LogP contribution >= 0.6 is 0 Å². The molecule has 1 saturated heterocycles. The van der Waals surface area contributed by atoms with Gasteiger partial charge in [0.1, 0.15) is 0 Å². The topological polar surface area (TPSA) is 91.2 Å². The summed E-state index contributed by atoms with van der Waals surface area (Å²) >= 11 is 0. The molecule has 2 aliphatic heterocycles. The summed E-state index contributed by atoms with van der Waals surface area (Å²) in [5.41, 5.74) is -4.47. The van der Waals surface area contributed by atoms with E-state index in [1.54, 1.807) is 0 Å². The number of halogens is 3. The summed E-state index contributed by atoms with van der Waals surface area (Å²) in [4.78, 5) is 37.6. The molecule has 0 aliphatic carbocycles. The molecule has 1 N–H and O–H groups in total. The van der Waals surface area contributed by atoms with Crippen LogP contribution in [0.4, 0.5) is 18.0 Å². The van der Waals surface area contributed by atoms with E-state index in [-0.39, 0.29) is 17.5 Å². The Bertz CT molecular complexity index is 841. The predicted molar refractivity (Wildman–Crippen MR) is 81.8 cm³/mol. The molecule has 3 rings (SSSR count). The zero-order valence-corrected chi connectivity index (χ0v) is 13.5. The normalized spacial score (nSPS) is 24.5. The first-order chi connectivity index (χ1) is 12.1. The first kappa shape index (κ1) is 17.8. The van der Waals surface area contributed by atoms with Crippen molar-refractivity contribution in [3.05, 3.63) is 48.0 Å². The van der Waals surface area contributed by atoms with Crippen LogP contribution in [0.25, 0.3) is 0 Å². The van der Waals surface area contributed by atoms with Crippen molar-refractivity contribution in [2.24, 2.45) is 10.2 Å². The lowest BCUT2D eigenvalue weighted by Crippen LogP contribution is -2.64. The van der Waals surface area contributed by atoms with E-state index in [0.717, 1.165) is 17.0 Å². The number of amides is 4. The second-order valence-corrected chi connectivity index (χ2v) is 5.97. The third kappa shape index (κ3) is 2.25. The highest BCUT2D eigenvalue weighted by Gasteiger charge is 2.65. The molecule has 4 amide bonds. The lowest BCUT2D eigenvalue weighted by molar-refractivity contribution is -0.166. The van der Waals surface area contributed by atoms with Gasteiger partial charge in [-0.1, -0.05) is 30.3 Å². The second-order valence-electron chi connectivity index (χ2n) is 5.97. The van der Waals surface area contributed by atoms with Gasteiger partial charge in [-0.15, -0.1) is 16.8 Å². The summed E-state index contributed by atoms with van der Waals surface area (Å²) in [5, 5.41) is 8.29. The average molecular weight is 366 g/mol. The van der Waals surface area contributed by atoms with Gasteiger partial charge in [-0.2, -0.15) is 13.2 Å². The molecule has 1 aromatic carbocycles. The van der Waals surface area contributed by atoms with Gasteiger partial charge >= 0.3 is 17.9 Å². The minimum atomic E-state index is -4.68. The van der Waals surface area contributed by atoms with Crippen molar-refractivity contribution in [2.75, 3.05) is 7.05 Å². The molecule has 1 fully saturated rings. The lowest BCUT2D eigenvalue weighted by atomic mass is 9.74. The summed E-state index contributed by atoms with van der Waals surface area (Å²) in [6.45, 7) is 3.52. The molecule has 0 bridgehead atoms. The Morgan fingerprint density at radius 2 is 1.69 bits per heavy atom. The minimum absolute atomic E-state index is 0.131. The number of nitrogens with one attached hydrogen (secondary N) is 1. The van der Waals surface area contributed by atoms with Crippen LogP contribution in [0.3, 0.4) is 0 Å². The third-order valence-corrected chi connectivity index (χ3v) is 4.51. The number of nitrogens with zero attached hydrogens (tertiary/aromatic N) is 3. The highest BCUT2D eigenvalue weighted by molar-refractivity contribution is 6.22. The molecule has 2 aliphatic rings. The van der Waals surface area contributed by atoms with Crippen molar-refractivity contribution < 1.29 is 27.6 Å². The van der Waals surface area contributed by atoms with Crippen LogP contribution in [0.5, 0.6) is 0 Å². The summed E-state index contributed by atoms with van der Waals surface area (Å²) in [7, 11) is 1.21. The summed E-state index contributed by atoms with van der Waals surface area (Å²) in [6, 6.07) is 3.83. The number of hydrogen-bond donors (Lipinski definition) is 1. The smallest absolute Gasteiger partial charge is 0.276 e. The number of alkyl halides is 3. The van der Waals surface area contributed by atoms with E-state index in [2.05, 4.69) is 22.1 Å². The van der Waals surface area contributed by atoms with Crippen molar-refractivity contribution in [1.82, 2.24) is 10.2 Å². The fourth-order valence-electron chi connectivity index (χ4n) is 2.96.